The van der Waals surface area contributed by atoms with Gasteiger partial charge in [0, 0.05) is 18.3 Å². The number of hydrogen-bond acceptors (Lipinski definition) is 5. The quantitative estimate of drug-likeness (QED) is 0.437. The van der Waals surface area contributed by atoms with Crippen molar-refractivity contribution < 1.29 is 13.2 Å². The zero-order valence-corrected chi connectivity index (χ0v) is 16.6. The second-order valence-electron chi connectivity index (χ2n) is 5.94. The molecule has 1 heterocycles. The van der Waals surface area contributed by atoms with Crippen LogP contribution in [0, 0.1) is 0 Å². The molecule has 1 aromatic heterocycles. The van der Waals surface area contributed by atoms with Crippen molar-refractivity contribution >= 4 is 49.2 Å². The molecule has 0 aliphatic heterocycles. The van der Waals surface area contributed by atoms with Crippen LogP contribution in [0.1, 0.15) is 10.6 Å². The molecule has 0 spiro atoms. The maximum atomic E-state index is 12.1. The maximum absolute atomic E-state index is 12.1. The van der Waals surface area contributed by atoms with Crippen LogP contribution in [-0.2, 0) is 20.6 Å². The van der Waals surface area contributed by atoms with E-state index >= 15 is 0 Å². The number of sulfonamides is 1. The van der Waals surface area contributed by atoms with Gasteiger partial charge in [0.05, 0.1) is 16.0 Å². The molecule has 0 saturated heterocycles. The first-order valence-electron chi connectivity index (χ1n) is 8.47. The molecule has 144 valence electrons. The van der Waals surface area contributed by atoms with Gasteiger partial charge >= 0.3 is 0 Å². The molecular formula is C20H19N3O3S2. The third-order valence-corrected chi connectivity index (χ3v) is 6.03. The molecule has 6 nitrogen and oxygen atoms in total. The molecule has 8 heteroatoms. The highest BCUT2D eigenvalue weighted by atomic mass is 32.2. The minimum Gasteiger partial charge on any atom is -0.323 e. The molecule has 0 atom stereocenters. The van der Waals surface area contributed by atoms with Crippen molar-refractivity contribution in [1.29, 1.82) is 0 Å². The Labute approximate surface area is 167 Å². The summed E-state index contributed by atoms with van der Waals surface area (Å²) >= 11 is 1.51. The topological polar surface area (TPSA) is 88.2 Å². The normalized spacial score (nSPS) is 11.7. The van der Waals surface area contributed by atoms with E-state index in [9.17, 15) is 13.2 Å². The Kier molecular flexibility index (Phi) is 6.35. The van der Waals surface area contributed by atoms with Gasteiger partial charge in [0.15, 0.2) is 0 Å². The standard InChI is InChI=1S/C20H19N3O3S2/c1-2-13-21-28(25,26)14-15-7-9-16(10-8-15)22-19(24)11-12-20-23-17-5-3-4-6-18(17)27-20/h2-12,21H,1,13-14H2,(H,22,24)/b12-11+. The van der Waals surface area contributed by atoms with Gasteiger partial charge in [-0.2, -0.15) is 0 Å². The zero-order chi connectivity index (χ0) is 20.0. The number of amides is 1. The summed E-state index contributed by atoms with van der Waals surface area (Å²) in [7, 11) is -3.41. The first kappa shape index (κ1) is 19.9. The van der Waals surface area contributed by atoms with E-state index in [0.29, 0.717) is 11.3 Å². The first-order chi connectivity index (χ1) is 13.4. The molecule has 1 amide bonds. The fourth-order valence-electron chi connectivity index (χ4n) is 2.43. The molecular weight excluding hydrogens is 394 g/mol. The summed E-state index contributed by atoms with van der Waals surface area (Å²) < 4.78 is 27.2. The SMILES string of the molecule is C=CCNS(=O)(=O)Cc1ccc(NC(=O)/C=C/c2nc3ccccc3s2)cc1. The van der Waals surface area contributed by atoms with Crippen LogP contribution in [0.3, 0.4) is 0 Å². The van der Waals surface area contributed by atoms with Crippen LogP contribution in [0.2, 0.25) is 0 Å². The van der Waals surface area contributed by atoms with E-state index in [2.05, 4.69) is 21.6 Å². The molecule has 28 heavy (non-hydrogen) atoms. The number of anilines is 1. The summed E-state index contributed by atoms with van der Waals surface area (Å²) in [5.41, 5.74) is 2.11. The summed E-state index contributed by atoms with van der Waals surface area (Å²) in [5.74, 6) is -0.417. The highest BCUT2D eigenvalue weighted by molar-refractivity contribution is 7.88. The smallest absolute Gasteiger partial charge is 0.248 e. The van der Waals surface area contributed by atoms with E-state index in [4.69, 9.17) is 0 Å². The largest absolute Gasteiger partial charge is 0.323 e. The molecule has 3 aromatic rings. The Balaban J connectivity index is 1.58. The van der Waals surface area contributed by atoms with Crippen molar-refractivity contribution in [2.24, 2.45) is 0 Å². The fraction of sp³-hybridized carbons (Fsp3) is 0.100. The van der Waals surface area contributed by atoms with E-state index in [1.54, 1.807) is 30.3 Å². The van der Waals surface area contributed by atoms with Crippen molar-refractivity contribution in [1.82, 2.24) is 9.71 Å². The predicted octanol–water partition coefficient (Wildman–Crippen LogP) is 3.55. The second-order valence-corrected chi connectivity index (χ2v) is 8.80. The van der Waals surface area contributed by atoms with E-state index in [-0.39, 0.29) is 18.2 Å². The number of carbonyl (C=O) groups excluding carboxylic acids is 1. The lowest BCUT2D eigenvalue weighted by Crippen LogP contribution is -2.25. The summed E-state index contributed by atoms with van der Waals surface area (Å²) in [6, 6.07) is 14.5. The molecule has 2 aromatic carbocycles. The van der Waals surface area contributed by atoms with Crippen LogP contribution in [0.5, 0.6) is 0 Å². The third kappa shape index (κ3) is 5.59. The number of carbonyl (C=O) groups is 1. The molecule has 2 N–H and O–H groups in total. The first-order valence-corrected chi connectivity index (χ1v) is 10.9. The summed E-state index contributed by atoms with van der Waals surface area (Å²) in [6.45, 7) is 3.67. The number of nitrogens with one attached hydrogen (secondary N) is 2. The molecule has 3 rings (SSSR count). The number of aromatic nitrogens is 1. The zero-order valence-electron chi connectivity index (χ0n) is 15.0. The van der Waals surface area contributed by atoms with Gasteiger partial charge in [-0.3, -0.25) is 4.79 Å². The van der Waals surface area contributed by atoms with Crippen molar-refractivity contribution in [3.63, 3.8) is 0 Å². The third-order valence-electron chi connectivity index (χ3n) is 3.71. The number of hydrogen-bond donors (Lipinski definition) is 2. The molecule has 0 bridgehead atoms. The van der Waals surface area contributed by atoms with Crippen LogP contribution in [0.15, 0.2) is 67.3 Å². The molecule has 0 saturated carbocycles. The van der Waals surface area contributed by atoms with Crippen LogP contribution in [0.4, 0.5) is 5.69 Å². The van der Waals surface area contributed by atoms with Gasteiger partial charge in [-0.05, 0) is 35.9 Å². The van der Waals surface area contributed by atoms with Crippen LogP contribution in [-0.4, -0.2) is 25.9 Å². The number of thiazole rings is 1. The summed E-state index contributed by atoms with van der Waals surface area (Å²) in [4.78, 5) is 16.5. The molecule has 0 aliphatic rings. The molecule has 0 fully saturated rings. The van der Waals surface area contributed by atoms with E-state index in [1.807, 2.05) is 24.3 Å². The van der Waals surface area contributed by atoms with Gasteiger partial charge < -0.3 is 5.32 Å². The second kappa shape index (κ2) is 8.92. The lowest BCUT2D eigenvalue weighted by Gasteiger charge is -2.06. The maximum Gasteiger partial charge on any atom is 0.248 e. The summed E-state index contributed by atoms with van der Waals surface area (Å²) in [6.07, 6.45) is 4.58. The lowest BCUT2D eigenvalue weighted by molar-refractivity contribution is -0.111. The Bertz CT molecular complexity index is 1080. The average molecular weight is 414 g/mol. The van der Waals surface area contributed by atoms with Crippen molar-refractivity contribution in [3.8, 4) is 0 Å². The number of para-hydroxylation sites is 1. The Morgan fingerprint density at radius 2 is 1.89 bits per heavy atom. The van der Waals surface area contributed by atoms with Gasteiger partial charge in [-0.1, -0.05) is 30.3 Å². The van der Waals surface area contributed by atoms with Crippen LogP contribution < -0.4 is 10.0 Å². The highest BCUT2D eigenvalue weighted by Gasteiger charge is 2.10. The minimum atomic E-state index is -3.41. The van der Waals surface area contributed by atoms with Crippen LogP contribution >= 0.6 is 11.3 Å². The van der Waals surface area contributed by atoms with Crippen molar-refractivity contribution in [2.75, 3.05) is 11.9 Å². The minimum absolute atomic E-state index is 0.132. The van der Waals surface area contributed by atoms with Gasteiger partial charge in [0.2, 0.25) is 15.9 Å². The van der Waals surface area contributed by atoms with Crippen molar-refractivity contribution in [3.05, 3.63) is 77.8 Å². The number of rotatable bonds is 8. The molecule has 0 radical (unpaired) electrons. The van der Waals surface area contributed by atoms with Gasteiger partial charge in [0.25, 0.3) is 0 Å². The van der Waals surface area contributed by atoms with Crippen molar-refractivity contribution in [2.45, 2.75) is 5.75 Å². The monoisotopic (exact) mass is 413 g/mol. The molecule has 0 aliphatic carbocycles. The van der Waals surface area contributed by atoms with E-state index < -0.39 is 10.0 Å². The van der Waals surface area contributed by atoms with Gasteiger partial charge in [-0.25, -0.2) is 18.1 Å². The van der Waals surface area contributed by atoms with Crippen LogP contribution in [0.25, 0.3) is 16.3 Å². The number of benzene rings is 2. The summed E-state index contributed by atoms with van der Waals surface area (Å²) in [5, 5.41) is 3.50. The van der Waals surface area contributed by atoms with E-state index in [0.717, 1.165) is 15.2 Å². The Morgan fingerprint density at radius 3 is 2.61 bits per heavy atom. The molecule has 0 unspecified atom stereocenters. The average Bonchev–Trinajstić information content (AvgIpc) is 3.09. The fourth-order valence-corrected chi connectivity index (χ4v) is 4.41. The van der Waals surface area contributed by atoms with Gasteiger partial charge in [0.1, 0.15) is 5.01 Å². The van der Waals surface area contributed by atoms with E-state index in [1.165, 1.54) is 23.5 Å². The predicted molar refractivity (Wildman–Crippen MR) is 115 cm³/mol. The highest BCUT2D eigenvalue weighted by Crippen LogP contribution is 2.22. The number of nitrogens with zero attached hydrogens (tertiary/aromatic N) is 1. The number of fused-ring (bicyclic) bond motifs is 1. The lowest BCUT2D eigenvalue weighted by atomic mass is 10.2. The van der Waals surface area contributed by atoms with Gasteiger partial charge in [-0.15, -0.1) is 17.9 Å². The Morgan fingerprint density at radius 1 is 1.14 bits per heavy atom. The Hall–Kier alpha value is -2.81.